The Morgan fingerprint density at radius 3 is 1.48 bits per heavy atom. The van der Waals surface area contributed by atoms with Gasteiger partial charge in [-0.2, -0.15) is 0 Å². The predicted molar refractivity (Wildman–Crippen MR) is 256 cm³/mol. The Hall–Kier alpha value is -3.61. The van der Waals surface area contributed by atoms with Crippen LogP contribution in [-0.4, -0.2) is 36.6 Å². The largest absolute Gasteiger partial charge is 0.495 e. The van der Waals surface area contributed by atoms with Gasteiger partial charge in [-0.25, -0.2) is 0 Å². The summed E-state index contributed by atoms with van der Waals surface area (Å²) in [4.78, 5) is 2.52. The van der Waals surface area contributed by atoms with Crippen molar-refractivity contribution in [3.8, 4) is 11.1 Å². The highest BCUT2D eigenvalue weighted by Crippen LogP contribution is 2.75. The fourth-order valence-electron chi connectivity index (χ4n) is 10.5. The van der Waals surface area contributed by atoms with Gasteiger partial charge in [-0.1, -0.05) is 99.9 Å². The quantitative estimate of drug-likeness (QED) is 0.0883. The number of allylic oxidation sites excluding steroid dienone is 2. The van der Waals surface area contributed by atoms with Gasteiger partial charge in [0, 0.05) is 22.5 Å². The molecule has 4 aromatic rings. The highest BCUT2D eigenvalue weighted by atomic mass is 16.7. The molecule has 3 fully saturated rings. The second kappa shape index (κ2) is 15.6. The van der Waals surface area contributed by atoms with Gasteiger partial charge in [0.25, 0.3) is 0 Å². The van der Waals surface area contributed by atoms with E-state index in [1.54, 1.807) is 11.1 Å². The lowest BCUT2D eigenvalue weighted by Gasteiger charge is -2.36. The lowest BCUT2D eigenvalue weighted by atomic mass is 9.68. The first-order valence-corrected chi connectivity index (χ1v) is 23.8. The number of unbranched alkanes of at least 4 members (excludes halogenated alkanes) is 6. The van der Waals surface area contributed by atoms with Crippen LogP contribution in [0, 0.1) is 6.92 Å². The van der Waals surface area contributed by atoms with Crippen LogP contribution in [0.4, 0.5) is 17.1 Å². The van der Waals surface area contributed by atoms with Gasteiger partial charge in [0.15, 0.2) is 0 Å². The fraction of sp³-hybridized carbons (Fsp3) is 0.519. The molecule has 1 saturated carbocycles. The molecule has 0 N–H and O–H groups in total. The maximum Gasteiger partial charge on any atom is 0.495 e. The summed E-state index contributed by atoms with van der Waals surface area (Å²) in [6.45, 7) is 24.0. The Kier molecular flexibility index (Phi) is 10.9. The average Bonchev–Trinajstić information content (AvgIpc) is 3.47. The number of anilines is 3. The SMILES string of the molecule is CCCCCCc1cc(N(c2ccc(B3OC(C)(C)C(C)(C)O3)c(CCCCCC)c2)c2ccc3c(c2)[C@@]24CCC2=C4c2cc(C)ccc2-3)ccc1B1OC(C)(C)C(C)(C)O1. The topological polar surface area (TPSA) is 40.2 Å². The van der Waals surface area contributed by atoms with Crippen molar-refractivity contribution in [1.82, 2.24) is 0 Å². The molecule has 9 rings (SSSR count). The predicted octanol–water partition coefficient (Wildman–Crippen LogP) is 12.8. The van der Waals surface area contributed by atoms with Crippen molar-refractivity contribution in [2.75, 3.05) is 4.90 Å². The van der Waals surface area contributed by atoms with Crippen LogP contribution in [0.15, 0.2) is 78.4 Å². The molecule has 0 unspecified atom stereocenters. The monoisotopic (exact) mass is 818 g/mol. The highest BCUT2D eigenvalue weighted by molar-refractivity contribution is 6.63. The molecule has 0 bridgehead atoms. The van der Waals surface area contributed by atoms with Crippen molar-refractivity contribution in [2.24, 2.45) is 0 Å². The first-order chi connectivity index (χ1) is 29.0. The Labute approximate surface area is 368 Å². The molecule has 3 aliphatic carbocycles. The third-order valence-electron chi connectivity index (χ3n) is 15.8. The minimum absolute atomic E-state index is 0.105. The number of fused-ring (bicyclic) bond motifs is 4. The van der Waals surface area contributed by atoms with Gasteiger partial charge in [0.2, 0.25) is 0 Å². The Morgan fingerprint density at radius 2 is 1.00 bits per heavy atom. The van der Waals surface area contributed by atoms with Crippen molar-refractivity contribution in [2.45, 2.75) is 181 Å². The first kappa shape index (κ1) is 42.7. The molecule has 1 spiro atoms. The second-order valence-electron chi connectivity index (χ2n) is 20.9. The number of aryl methyl sites for hydroxylation is 3. The van der Waals surface area contributed by atoms with Crippen LogP contribution in [-0.2, 0) is 36.9 Å². The maximum atomic E-state index is 6.73. The summed E-state index contributed by atoms with van der Waals surface area (Å²) in [5.41, 5.74) is 17.2. The summed E-state index contributed by atoms with van der Waals surface area (Å²) in [6, 6.07) is 28.5. The zero-order chi connectivity index (χ0) is 43.1. The van der Waals surface area contributed by atoms with E-state index < -0.39 is 36.6 Å². The van der Waals surface area contributed by atoms with Crippen molar-refractivity contribution >= 4 is 47.8 Å². The van der Waals surface area contributed by atoms with E-state index in [9.17, 15) is 0 Å². The molecule has 2 saturated heterocycles. The van der Waals surface area contributed by atoms with E-state index >= 15 is 0 Å². The lowest BCUT2D eigenvalue weighted by Crippen LogP contribution is -2.41. The highest BCUT2D eigenvalue weighted by Gasteiger charge is 2.63. The molecule has 320 valence electrons. The Bertz CT molecular complexity index is 2250. The van der Waals surface area contributed by atoms with Gasteiger partial charge in [0.1, 0.15) is 0 Å². The van der Waals surface area contributed by atoms with Gasteiger partial charge in [-0.05, 0) is 187 Å². The van der Waals surface area contributed by atoms with E-state index in [0.29, 0.717) is 0 Å². The molecule has 2 heterocycles. The molecule has 4 aromatic carbocycles. The van der Waals surface area contributed by atoms with E-state index in [0.717, 1.165) is 48.0 Å². The number of benzene rings is 4. The maximum absolute atomic E-state index is 6.73. The number of hydrogen-bond donors (Lipinski definition) is 0. The molecule has 7 heteroatoms. The number of rotatable bonds is 15. The van der Waals surface area contributed by atoms with E-state index in [-0.39, 0.29) is 5.41 Å². The molecule has 0 amide bonds. The lowest BCUT2D eigenvalue weighted by molar-refractivity contribution is 0.00578. The molecule has 0 aromatic heterocycles. The van der Waals surface area contributed by atoms with Crippen molar-refractivity contribution in [1.29, 1.82) is 0 Å². The zero-order valence-corrected chi connectivity index (χ0v) is 39.1. The van der Waals surface area contributed by atoms with Gasteiger partial charge < -0.3 is 23.5 Å². The van der Waals surface area contributed by atoms with Crippen molar-refractivity contribution < 1.29 is 18.6 Å². The van der Waals surface area contributed by atoms with E-state index in [2.05, 4.69) is 154 Å². The van der Waals surface area contributed by atoms with E-state index in [1.807, 2.05) is 0 Å². The molecular weight excluding hydrogens is 748 g/mol. The molecule has 2 aliphatic heterocycles. The van der Waals surface area contributed by atoms with Gasteiger partial charge in [0.05, 0.1) is 22.4 Å². The average molecular weight is 818 g/mol. The summed E-state index contributed by atoms with van der Waals surface area (Å²) < 4.78 is 26.9. The second-order valence-corrected chi connectivity index (χ2v) is 20.9. The summed E-state index contributed by atoms with van der Waals surface area (Å²) in [5.74, 6) is 0. The Balaban J connectivity index is 1.19. The third-order valence-corrected chi connectivity index (χ3v) is 15.8. The molecule has 0 radical (unpaired) electrons. The summed E-state index contributed by atoms with van der Waals surface area (Å²) in [7, 11) is -0.823. The fourth-order valence-corrected chi connectivity index (χ4v) is 10.5. The molecule has 5 aliphatic rings. The molecule has 61 heavy (non-hydrogen) atoms. The van der Waals surface area contributed by atoms with Crippen LogP contribution < -0.4 is 15.8 Å². The van der Waals surface area contributed by atoms with Crippen LogP contribution in [0.2, 0.25) is 0 Å². The number of nitrogens with zero attached hydrogens (tertiary/aromatic N) is 1. The van der Waals surface area contributed by atoms with Crippen LogP contribution >= 0.6 is 0 Å². The number of hydrogen-bond acceptors (Lipinski definition) is 5. The van der Waals surface area contributed by atoms with Crippen LogP contribution in [0.3, 0.4) is 0 Å². The first-order valence-electron chi connectivity index (χ1n) is 23.8. The smallest absolute Gasteiger partial charge is 0.399 e. The van der Waals surface area contributed by atoms with Crippen LogP contribution in [0.25, 0.3) is 16.7 Å². The standard InChI is InChI=1S/C54H69B2NO4/c1-12-14-16-18-20-37-33-39(24-28-47(37)55-58-50(4,5)51(6,7)59-55)57(40-25-29-48(38(34-40)21-19-17-15-13-2)56-60-52(8,9)53(10,11)61-56)41-23-27-43-42-26-22-36(3)32-44(42)49-45-30-31-54(45,49)46(43)35-41/h22-29,32-35H,12-21,30-31H2,1-11H3/t54-/m1/s1. The van der Waals surface area contributed by atoms with E-state index in [1.165, 1.54) is 96.0 Å². The van der Waals surface area contributed by atoms with Gasteiger partial charge >= 0.3 is 14.2 Å². The third kappa shape index (κ3) is 7.18. The molecule has 1 atom stereocenters. The molecule has 5 nitrogen and oxygen atoms in total. The normalized spacial score (nSPS) is 22.1. The zero-order valence-electron chi connectivity index (χ0n) is 39.1. The van der Waals surface area contributed by atoms with Crippen LogP contribution in [0.1, 0.15) is 161 Å². The summed E-state index contributed by atoms with van der Waals surface area (Å²) in [5, 5.41) is 0. The van der Waals surface area contributed by atoms with Gasteiger partial charge in [-0.15, -0.1) is 0 Å². The summed E-state index contributed by atoms with van der Waals surface area (Å²) in [6.07, 6.45) is 14.0. The summed E-state index contributed by atoms with van der Waals surface area (Å²) >= 11 is 0. The van der Waals surface area contributed by atoms with Crippen LogP contribution in [0.5, 0.6) is 0 Å². The minimum atomic E-state index is -0.412. The Morgan fingerprint density at radius 1 is 0.525 bits per heavy atom. The minimum Gasteiger partial charge on any atom is -0.399 e. The van der Waals surface area contributed by atoms with Crippen molar-refractivity contribution in [3.05, 3.63) is 106 Å². The van der Waals surface area contributed by atoms with Crippen molar-refractivity contribution in [3.63, 3.8) is 0 Å². The van der Waals surface area contributed by atoms with E-state index in [4.69, 9.17) is 18.6 Å². The van der Waals surface area contributed by atoms with Gasteiger partial charge in [-0.3, -0.25) is 0 Å². The molecular formula is C54H69B2NO4.